The van der Waals surface area contributed by atoms with Crippen molar-refractivity contribution in [3.05, 3.63) is 35.6 Å². The third kappa shape index (κ3) is 4.52. The molecule has 94 valence electrons. The van der Waals surface area contributed by atoms with Gasteiger partial charge in [0, 0.05) is 11.8 Å². The average molecular weight is 278 g/mol. The summed E-state index contributed by atoms with van der Waals surface area (Å²) < 4.78 is 12.7. The Morgan fingerprint density at radius 1 is 1.29 bits per heavy atom. The molecule has 1 rings (SSSR count). The first-order valence-corrected chi connectivity index (χ1v) is 6.23. The largest absolute Gasteiger partial charge is 0.348 e. The molecule has 5 heteroatoms. The molecule has 1 aromatic carbocycles. The van der Waals surface area contributed by atoms with Gasteiger partial charge in [-0.2, -0.15) is 0 Å². The van der Waals surface area contributed by atoms with Crippen molar-refractivity contribution in [1.82, 2.24) is 5.32 Å². The molecule has 0 aliphatic heterocycles. The molecule has 0 saturated carbocycles. The lowest BCUT2D eigenvalue weighted by atomic mass is 10.1. The van der Waals surface area contributed by atoms with Crippen molar-refractivity contribution >= 4 is 29.1 Å². The van der Waals surface area contributed by atoms with E-state index in [4.69, 9.17) is 23.2 Å². The van der Waals surface area contributed by atoms with Gasteiger partial charge in [-0.1, -0.05) is 12.1 Å². The smallest absolute Gasteiger partial charge is 0.224 e. The Morgan fingerprint density at radius 2 is 1.82 bits per heavy atom. The summed E-state index contributed by atoms with van der Waals surface area (Å²) in [5.74, 6) is -0.0157. The van der Waals surface area contributed by atoms with Crippen LogP contribution in [0.5, 0.6) is 0 Å². The summed E-state index contributed by atoms with van der Waals surface area (Å²) in [5.41, 5.74) is 0.135. The Balaban J connectivity index is 2.58. The van der Waals surface area contributed by atoms with Crippen LogP contribution in [-0.4, -0.2) is 23.2 Å². The van der Waals surface area contributed by atoms with Gasteiger partial charge in [-0.05, 0) is 24.6 Å². The van der Waals surface area contributed by atoms with Gasteiger partial charge < -0.3 is 5.32 Å². The van der Waals surface area contributed by atoms with Crippen molar-refractivity contribution in [2.24, 2.45) is 0 Å². The summed E-state index contributed by atoms with van der Waals surface area (Å²) in [6, 6.07) is 5.80. The molecule has 2 nitrogen and oxygen atoms in total. The van der Waals surface area contributed by atoms with E-state index >= 15 is 0 Å². The summed E-state index contributed by atoms with van der Waals surface area (Å²) >= 11 is 11.5. The summed E-state index contributed by atoms with van der Waals surface area (Å²) in [7, 11) is 0. The lowest BCUT2D eigenvalue weighted by Gasteiger charge is -2.25. The van der Waals surface area contributed by atoms with Crippen molar-refractivity contribution in [3.8, 4) is 0 Å². The molecule has 0 aromatic heterocycles. The van der Waals surface area contributed by atoms with Gasteiger partial charge in [-0.25, -0.2) is 4.39 Å². The van der Waals surface area contributed by atoms with Crippen LogP contribution >= 0.6 is 23.2 Å². The van der Waals surface area contributed by atoms with Gasteiger partial charge in [0.15, 0.2) is 0 Å². The molecule has 1 N–H and O–H groups in total. The quantitative estimate of drug-likeness (QED) is 0.824. The van der Waals surface area contributed by atoms with E-state index in [1.807, 2.05) is 0 Å². The zero-order valence-electron chi connectivity index (χ0n) is 9.47. The molecular weight excluding hydrogens is 264 g/mol. The Morgan fingerprint density at radius 3 is 2.29 bits per heavy atom. The zero-order chi connectivity index (χ0) is 12.9. The van der Waals surface area contributed by atoms with Crippen LogP contribution in [0.1, 0.15) is 12.5 Å². The fourth-order valence-corrected chi connectivity index (χ4v) is 1.69. The van der Waals surface area contributed by atoms with Crippen molar-refractivity contribution < 1.29 is 9.18 Å². The van der Waals surface area contributed by atoms with E-state index < -0.39 is 5.54 Å². The number of benzene rings is 1. The van der Waals surface area contributed by atoms with E-state index in [9.17, 15) is 9.18 Å². The second-order valence-electron chi connectivity index (χ2n) is 4.18. The predicted octanol–water partition coefficient (Wildman–Crippen LogP) is 2.72. The molecule has 1 aromatic rings. The monoisotopic (exact) mass is 277 g/mol. The normalized spacial score (nSPS) is 11.3. The molecule has 0 heterocycles. The highest BCUT2D eigenvalue weighted by Crippen LogP contribution is 2.10. The highest BCUT2D eigenvalue weighted by atomic mass is 35.5. The second kappa shape index (κ2) is 6.22. The van der Waals surface area contributed by atoms with Gasteiger partial charge in [-0.3, -0.25) is 4.79 Å². The second-order valence-corrected chi connectivity index (χ2v) is 4.71. The minimum atomic E-state index is -0.611. The minimum absolute atomic E-state index is 0.180. The number of alkyl halides is 2. The van der Waals surface area contributed by atoms with Gasteiger partial charge in [0.1, 0.15) is 5.82 Å². The molecule has 0 spiro atoms. The topological polar surface area (TPSA) is 29.1 Å². The van der Waals surface area contributed by atoms with Crippen LogP contribution in [-0.2, 0) is 11.2 Å². The average Bonchev–Trinajstić information content (AvgIpc) is 2.32. The molecule has 1 amide bonds. The fraction of sp³-hybridized carbons (Fsp3) is 0.417. The van der Waals surface area contributed by atoms with Gasteiger partial charge in [0.05, 0.1) is 12.0 Å². The van der Waals surface area contributed by atoms with Crippen LogP contribution in [0.2, 0.25) is 0 Å². The SMILES string of the molecule is CC(CCl)(CCl)NC(=O)Cc1ccc(F)cc1. The van der Waals surface area contributed by atoms with E-state index in [2.05, 4.69) is 5.32 Å². The van der Waals surface area contributed by atoms with Gasteiger partial charge in [0.2, 0.25) is 5.91 Å². The maximum Gasteiger partial charge on any atom is 0.224 e. The molecule has 0 bridgehead atoms. The number of carbonyl (C=O) groups is 1. The predicted molar refractivity (Wildman–Crippen MR) is 68.1 cm³/mol. The number of nitrogens with one attached hydrogen (secondary N) is 1. The zero-order valence-corrected chi connectivity index (χ0v) is 11.0. The third-order valence-corrected chi connectivity index (χ3v) is 3.49. The molecule has 0 unspecified atom stereocenters. The summed E-state index contributed by atoms with van der Waals surface area (Å²) in [4.78, 5) is 11.7. The van der Waals surface area contributed by atoms with Crippen LogP contribution in [0.25, 0.3) is 0 Å². The molecule has 0 aliphatic rings. The molecular formula is C12H14Cl2FNO. The number of hydrogen-bond acceptors (Lipinski definition) is 1. The van der Waals surface area contributed by atoms with Crippen molar-refractivity contribution in [2.75, 3.05) is 11.8 Å². The lowest BCUT2D eigenvalue weighted by Crippen LogP contribution is -2.49. The molecule has 0 atom stereocenters. The summed E-state index contributed by atoms with van der Waals surface area (Å²) in [6.07, 6.45) is 0.184. The number of rotatable bonds is 5. The molecule has 17 heavy (non-hydrogen) atoms. The first-order valence-electron chi connectivity index (χ1n) is 5.16. The Labute approximate surface area is 110 Å². The molecule has 0 saturated heterocycles. The standard InChI is InChI=1S/C12H14Cl2FNO/c1-12(7-13,8-14)16-11(17)6-9-2-4-10(15)5-3-9/h2-5H,6-8H2,1H3,(H,16,17). The van der Waals surface area contributed by atoms with Crippen LogP contribution in [0, 0.1) is 5.82 Å². The Kier molecular flexibility index (Phi) is 5.22. The highest BCUT2D eigenvalue weighted by Gasteiger charge is 2.24. The first kappa shape index (κ1) is 14.3. The van der Waals surface area contributed by atoms with E-state index in [0.717, 1.165) is 5.56 Å². The highest BCUT2D eigenvalue weighted by molar-refractivity contribution is 6.22. The maximum absolute atomic E-state index is 12.7. The van der Waals surface area contributed by atoms with E-state index in [0.29, 0.717) is 0 Å². The number of halogens is 3. The van der Waals surface area contributed by atoms with Crippen molar-refractivity contribution in [3.63, 3.8) is 0 Å². The van der Waals surface area contributed by atoms with Gasteiger partial charge in [0.25, 0.3) is 0 Å². The molecule has 0 fully saturated rings. The Bertz CT molecular complexity index is 377. The van der Waals surface area contributed by atoms with Crippen LogP contribution in [0.3, 0.4) is 0 Å². The lowest BCUT2D eigenvalue weighted by molar-refractivity contribution is -0.121. The van der Waals surface area contributed by atoms with Crippen LogP contribution < -0.4 is 5.32 Å². The van der Waals surface area contributed by atoms with Crippen LogP contribution in [0.15, 0.2) is 24.3 Å². The van der Waals surface area contributed by atoms with E-state index in [1.54, 1.807) is 19.1 Å². The molecule has 0 radical (unpaired) electrons. The maximum atomic E-state index is 12.7. The van der Waals surface area contributed by atoms with Crippen LogP contribution in [0.4, 0.5) is 4.39 Å². The van der Waals surface area contributed by atoms with Crippen molar-refractivity contribution in [1.29, 1.82) is 0 Å². The number of amides is 1. The number of hydrogen-bond donors (Lipinski definition) is 1. The third-order valence-electron chi connectivity index (χ3n) is 2.31. The Hall–Kier alpha value is -0.800. The summed E-state index contributed by atoms with van der Waals surface area (Å²) in [6.45, 7) is 1.77. The van der Waals surface area contributed by atoms with Gasteiger partial charge in [-0.15, -0.1) is 23.2 Å². The first-order chi connectivity index (χ1) is 7.99. The van der Waals surface area contributed by atoms with Crippen molar-refractivity contribution in [2.45, 2.75) is 18.9 Å². The minimum Gasteiger partial charge on any atom is -0.348 e. The van der Waals surface area contributed by atoms with E-state index in [-0.39, 0.29) is 29.9 Å². The summed E-state index contributed by atoms with van der Waals surface area (Å²) in [5, 5.41) is 2.76. The van der Waals surface area contributed by atoms with Gasteiger partial charge >= 0.3 is 0 Å². The fourth-order valence-electron chi connectivity index (χ4n) is 1.27. The number of carbonyl (C=O) groups excluding carboxylic acids is 1. The molecule has 0 aliphatic carbocycles. The van der Waals surface area contributed by atoms with E-state index in [1.165, 1.54) is 12.1 Å².